The zero-order valence-electron chi connectivity index (χ0n) is 16.0. The molecule has 144 valence electrons. The molecule has 0 saturated carbocycles. The number of hydrogen-bond acceptors (Lipinski definition) is 5. The third-order valence-electron chi connectivity index (χ3n) is 6.01. The molecule has 0 bridgehead atoms. The number of thiazole rings is 1. The van der Waals surface area contributed by atoms with E-state index in [-0.39, 0.29) is 17.4 Å². The van der Waals surface area contributed by atoms with Crippen LogP contribution in [0.25, 0.3) is 0 Å². The van der Waals surface area contributed by atoms with Crippen LogP contribution in [0.4, 0.5) is 0 Å². The molecule has 6 heteroatoms. The standard InChI is InChI=1S/C20H31N3O2S/c1-3-16(2)6-4-9-22-11-7-18(24)20(13-22)8-5-10-23(14-20)19(25)17-12-26-15-21-17/h6,12,15,18,24H,3-5,7-11,13-14H2,1-2H3/b16-6+/t18-,20-/m1/s1. The van der Waals surface area contributed by atoms with E-state index in [1.807, 2.05) is 10.3 Å². The van der Waals surface area contributed by atoms with Gasteiger partial charge in [0, 0.05) is 43.5 Å². The van der Waals surface area contributed by atoms with E-state index in [1.54, 1.807) is 5.51 Å². The van der Waals surface area contributed by atoms with Gasteiger partial charge in [0.15, 0.2) is 0 Å². The minimum Gasteiger partial charge on any atom is -0.392 e. The molecule has 2 aliphatic rings. The van der Waals surface area contributed by atoms with E-state index in [0.29, 0.717) is 12.2 Å². The van der Waals surface area contributed by atoms with E-state index in [1.165, 1.54) is 16.9 Å². The van der Waals surface area contributed by atoms with Crippen molar-refractivity contribution in [3.05, 3.63) is 28.2 Å². The Morgan fingerprint density at radius 2 is 2.31 bits per heavy atom. The monoisotopic (exact) mass is 377 g/mol. The Kier molecular flexibility index (Phi) is 6.48. The fourth-order valence-corrected chi connectivity index (χ4v) is 4.81. The number of allylic oxidation sites excluding steroid dienone is 1. The predicted octanol–water partition coefficient (Wildman–Crippen LogP) is 3.18. The van der Waals surface area contributed by atoms with Gasteiger partial charge in [-0.1, -0.05) is 18.6 Å². The third kappa shape index (κ3) is 4.35. The largest absolute Gasteiger partial charge is 0.392 e. The first kappa shape index (κ1) is 19.5. The van der Waals surface area contributed by atoms with Crippen molar-refractivity contribution in [2.75, 3.05) is 32.7 Å². The highest BCUT2D eigenvalue weighted by molar-refractivity contribution is 7.07. The predicted molar refractivity (Wildman–Crippen MR) is 105 cm³/mol. The van der Waals surface area contributed by atoms with Gasteiger partial charge in [0.2, 0.25) is 0 Å². The molecule has 1 aromatic heterocycles. The summed E-state index contributed by atoms with van der Waals surface area (Å²) >= 11 is 1.45. The van der Waals surface area contributed by atoms with E-state index in [2.05, 4.69) is 29.8 Å². The number of hydrogen-bond donors (Lipinski definition) is 1. The van der Waals surface area contributed by atoms with Gasteiger partial charge in [-0.05, 0) is 39.0 Å². The molecular formula is C20H31N3O2S. The van der Waals surface area contributed by atoms with Crippen LogP contribution in [0, 0.1) is 5.41 Å². The summed E-state index contributed by atoms with van der Waals surface area (Å²) in [6.45, 7) is 8.65. The zero-order chi connectivity index (χ0) is 18.6. The van der Waals surface area contributed by atoms with Crippen LogP contribution in [-0.2, 0) is 0 Å². The number of rotatable bonds is 5. The molecular weight excluding hydrogens is 346 g/mol. The van der Waals surface area contributed by atoms with Crippen LogP contribution in [0.3, 0.4) is 0 Å². The number of aromatic nitrogens is 1. The molecule has 1 amide bonds. The number of amides is 1. The topological polar surface area (TPSA) is 56.7 Å². The van der Waals surface area contributed by atoms with Crippen LogP contribution >= 0.6 is 11.3 Å². The number of carbonyl (C=O) groups excluding carboxylic acids is 1. The van der Waals surface area contributed by atoms with Gasteiger partial charge >= 0.3 is 0 Å². The Labute approximate surface area is 160 Å². The summed E-state index contributed by atoms with van der Waals surface area (Å²) < 4.78 is 0. The first-order chi connectivity index (χ1) is 12.5. The lowest BCUT2D eigenvalue weighted by Gasteiger charge is -2.51. The fourth-order valence-electron chi connectivity index (χ4n) is 4.28. The molecule has 0 aromatic carbocycles. The molecule has 0 aliphatic carbocycles. The molecule has 0 radical (unpaired) electrons. The van der Waals surface area contributed by atoms with Gasteiger partial charge in [0.05, 0.1) is 11.6 Å². The first-order valence-corrected chi connectivity index (χ1v) is 10.7. The van der Waals surface area contributed by atoms with Crippen LogP contribution in [0.5, 0.6) is 0 Å². The quantitative estimate of drug-likeness (QED) is 0.801. The average molecular weight is 378 g/mol. The minimum absolute atomic E-state index is 0.0103. The van der Waals surface area contributed by atoms with Crippen molar-refractivity contribution in [1.29, 1.82) is 0 Å². The number of piperidine rings is 2. The van der Waals surface area contributed by atoms with Crippen molar-refractivity contribution in [2.24, 2.45) is 5.41 Å². The highest BCUT2D eigenvalue weighted by Crippen LogP contribution is 2.39. The second-order valence-corrected chi connectivity index (χ2v) is 8.56. The molecule has 2 atom stereocenters. The summed E-state index contributed by atoms with van der Waals surface area (Å²) in [6, 6.07) is 0. The molecule has 1 aromatic rings. The van der Waals surface area contributed by atoms with E-state index in [4.69, 9.17) is 0 Å². The van der Waals surface area contributed by atoms with Crippen molar-refractivity contribution in [2.45, 2.75) is 52.1 Å². The van der Waals surface area contributed by atoms with Crippen molar-refractivity contribution in [3.63, 3.8) is 0 Å². The van der Waals surface area contributed by atoms with Crippen molar-refractivity contribution in [1.82, 2.24) is 14.8 Å². The van der Waals surface area contributed by atoms with Gasteiger partial charge in [-0.25, -0.2) is 4.98 Å². The van der Waals surface area contributed by atoms with Crippen molar-refractivity contribution in [3.8, 4) is 0 Å². The molecule has 1 N–H and O–H groups in total. The lowest BCUT2D eigenvalue weighted by atomic mass is 9.71. The summed E-state index contributed by atoms with van der Waals surface area (Å²) in [5.41, 5.74) is 3.49. The van der Waals surface area contributed by atoms with Crippen LogP contribution in [0.15, 0.2) is 22.5 Å². The van der Waals surface area contributed by atoms with Gasteiger partial charge in [0.25, 0.3) is 5.91 Å². The second kappa shape index (κ2) is 8.63. The molecule has 26 heavy (non-hydrogen) atoms. The number of nitrogens with zero attached hydrogens (tertiary/aromatic N) is 3. The molecule has 0 unspecified atom stereocenters. The maximum absolute atomic E-state index is 12.7. The molecule has 3 rings (SSSR count). The summed E-state index contributed by atoms with van der Waals surface area (Å²) in [6.07, 6.45) is 6.93. The van der Waals surface area contributed by atoms with Crippen molar-refractivity contribution >= 4 is 17.2 Å². The SMILES string of the molecule is CC/C(C)=C/CCN1CC[C@@H](O)[C@]2(CCCN(C(=O)c3cscn3)C2)C1. The number of aliphatic hydroxyl groups is 1. The Bertz CT molecular complexity index is 631. The van der Waals surface area contributed by atoms with E-state index in [0.717, 1.165) is 58.3 Å². The second-order valence-electron chi connectivity index (χ2n) is 7.84. The Morgan fingerprint density at radius 1 is 1.46 bits per heavy atom. The summed E-state index contributed by atoms with van der Waals surface area (Å²) in [4.78, 5) is 21.3. The minimum atomic E-state index is -0.322. The molecule has 2 fully saturated rings. The van der Waals surface area contributed by atoms with Crippen LogP contribution in [0.2, 0.25) is 0 Å². The Balaban J connectivity index is 1.65. The summed E-state index contributed by atoms with van der Waals surface area (Å²) in [5.74, 6) is 0.0103. The lowest BCUT2D eigenvalue weighted by Crippen LogP contribution is -2.59. The van der Waals surface area contributed by atoms with Gasteiger partial charge in [-0.2, -0.15) is 0 Å². The Morgan fingerprint density at radius 3 is 3.04 bits per heavy atom. The van der Waals surface area contributed by atoms with Crippen molar-refractivity contribution < 1.29 is 9.90 Å². The first-order valence-electron chi connectivity index (χ1n) is 9.77. The highest BCUT2D eigenvalue weighted by atomic mass is 32.1. The smallest absolute Gasteiger partial charge is 0.273 e. The van der Waals surface area contributed by atoms with Crippen LogP contribution in [0.1, 0.15) is 56.4 Å². The van der Waals surface area contributed by atoms with Gasteiger partial charge in [-0.15, -0.1) is 11.3 Å². The Hall–Kier alpha value is -1.24. The average Bonchev–Trinajstić information content (AvgIpc) is 3.19. The highest BCUT2D eigenvalue weighted by Gasteiger charge is 2.46. The fraction of sp³-hybridized carbons (Fsp3) is 0.700. The van der Waals surface area contributed by atoms with Crippen LogP contribution in [-0.4, -0.2) is 64.6 Å². The number of carbonyl (C=O) groups is 1. The maximum Gasteiger partial charge on any atom is 0.273 e. The zero-order valence-corrected chi connectivity index (χ0v) is 16.8. The third-order valence-corrected chi connectivity index (χ3v) is 6.59. The lowest BCUT2D eigenvalue weighted by molar-refractivity contribution is -0.0783. The van der Waals surface area contributed by atoms with E-state index >= 15 is 0 Å². The number of aliphatic hydroxyl groups excluding tert-OH is 1. The molecule has 1 spiro atoms. The normalized spacial score (nSPS) is 27.9. The number of likely N-dealkylation sites (tertiary alicyclic amines) is 2. The molecule has 5 nitrogen and oxygen atoms in total. The van der Waals surface area contributed by atoms with Gasteiger partial charge in [0.1, 0.15) is 5.69 Å². The molecule has 2 saturated heterocycles. The van der Waals surface area contributed by atoms with E-state index < -0.39 is 0 Å². The maximum atomic E-state index is 12.7. The van der Waals surface area contributed by atoms with E-state index in [9.17, 15) is 9.90 Å². The van der Waals surface area contributed by atoms with Crippen LogP contribution < -0.4 is 0 Å². The van der Waals surface area contributed by atoms with Gasteiger partial charge < -0.3 is 14.9 Å². The molecule has 2 aliphatic heterocycles. The summed E-state index contributed by atoms with van der Waals surface area (Å²) in [5, 5.41) is 12.6. The molecule has 3 heterocycles. The van der Waals surface area contributed by atoms with Gasteiger partial charge in [-0.3, -0.25) is 4.79 Å². The summed E-state index contributed by atoms with van der Waals surface area (Å²) in [7, 11) is 0.